The lowest BCUT2D eigenvalue weighted by molar-refractivity contribution is -0.140. The van der Waals surface area contributed by atoms with Gasteiger partial charge >= 0.3 is 0 Å². The molecule has 0 bridgehead atoms. The molecule has 1 rings (SSSR count). The zero-order chi connectivity index (χ0) is 15.2. The highest BCUT2D eigenvalue weighted by molar-refractivity contribution is 6.07. The van der Waals surface area contributed by atoms with Crippen LogP contribution in [-0.4, -0.2) is 34.4 Å². The van der Waals surface area contributed by atoms with Gasteiger partial charge in [0.1, 0.15) is 5.41 Å². The Morgan fingerprint density at radius 2 is 2.00 bits per heavy atom. The average Bonchev–Trinajstić information content (AvgIpc) is 2.96. The summed E-state index contributed by atoms with van der Waals surface area (Å²) in [6.07, 6.45) is 6.27. The van der Waals surface area contributed by atoms with Crippen molar-refractivity contribution in [1.82, 2.24) is 4.90 Å². The zero-order valence-electron chi connectivity index (χ0n) is 13.1. The van der Waals surface area contributed by atoms with E-state index >= 15 is 0 Å². The van der Waals surface area contributed by atoms with E-state index in [0.29, 0.717) is 12.8 Å². The lowest BCUT2D eigenvalue weighted by Crippen LogP contribution is -2.52. The van der Waals surface area contributed by atoms with Crippen LogP contribution in [0.1, 0.15) is 65.7 Å². The van der Waals surface area contributed by atoms with Crippen molar-refractivity contribution in [1.29, 1.82) is 0 Å². The van der Waals surface area contributed by atoms with E-state index in [1.165, 1.54) is 0 Å². The molecule has 0 aromatic carbocycles. The van der Waals surface area contributed by atoms with Crippen LogP contribution in [0.5, 0.6) is 0 Å². The molecule has 1 amide bonds. The third kappa shape index (κ3) is 3.25. The monoisotopic (exact) mass is 283 g/mol. The highest BCUT2D eigenvalue weighted by atomic mass is 16.4. The Morgan fingerprint density at radius 1 is 1.40 bits per heavy atom. The Morgan fingerprint density at radius 3 is 2.45 bits per heavy atom. The first-order valence-electron chi connectivity index (χ1n) is 7.82. The topological polar surface area (TPSA) is 78.9 Å². The molecule has 1 unspecified atom stereocenters. The quantitative estimate of drug-likeness (QED) is 0.326. The van der Waals surface area contributed by atoms with Crippen molar-refractivity contribution in [3.63, 3.8) is 0 Å². The standard InChI is InChI=1S/C15H29N3O2/c1-4-6-11-18(12(3)5-2)14(19)15(13(16)17-20)9-7-8-10-15/h12,20H,4-11H2,1-3H3,(H2,16,17). The molecular formula is C15H29N3O2. The highest BCUT2D eigenvalue weighted by Crippen LogP contribution is 2.40. The van der Waals surface area contributed by atoms with Crippen LogP contribution in [0.15, 0.2) is 5.16 Å². The smallest absolute Gasteiger partial charge is 0.236 e. The number of hydrogen-bond acceptors (Lipinski definition) is 3. The first kappa shape index (κ1) is 16.8. The largest absolute Gasteiger partial charge is 0.409 e. The number of carbonyl (C=O) groups excluding carboxylic acids is 1. The molecule has 1 fully saturated rings. The first-order valence-corrected chi connectivity index (χ1v) is 7.82. The van der Waals surface area contributed by atoms with Gasteiger partial charge in [0.15, 0.2) is 5.84 Å². The highest BCUT2D eigenvalue weighted by Gasteiger charge is 2.48. The van der Waals surface area contributed by atoms with Crippen LogP contribution in [-0.2, 0) is 4.79 Å². The molecule has 1 aliphatic carbocycles. The van der Waals surface area contributed by atoms with Crippen LogP contribution in [0.4, 0.5) is 0 Å². The third-order valence-corrected chi connectivity index (χ3v) is 4.60. The maximum absolute atomic E-state index is 13.0. The molecule has 1 atom stereocenters. The molecule has 0 heterocycles. The van der Waals surface area contributed by atoms with Crippen molar-refractivity contribution in [3.05, 3.63) is 0 Å². The molecule has 0 aliphatic heterocycles. The number of amidine groups is 1. The molecule has 0 saturated heterocycles. The Balaban J connectivity index is 3.01. The first-order chi connectivity index (χ1) is 9.53. The van der Waals surface area contributed by atoms with Gasteiger partial charge in [-0.25, -0.2) is 0 Å². The molecular weight excluding hydrogens is 254 g/mol. The van der Waals surface area contributed by atoms with Gasteiger partial charge in [-0.3, -0.25) is 4.79 Å². The van der Waals surface area contributed by atoms with Gasteiger partial charge in [0, 0.05) is 12.6 Å². The summed E-state index contributed by atoms with van der Waals surface area (Å²) >= 11 is 0. The van der Waals surface area contributed by atoms with E-state index in [1.807, 2.05) is 4.90 Å². The minimum absolute atomic E-state index is 0.0492. The normalized spacial score (nSPS) is 19.9. The Hall–Kier alpha value is -1.26. The maximum Gasteiger partial charge on any atom is 0.236 e. The second-order valence-corrected chi connectivity index (χ2v) is 5.88. The molecule has 3 N–H and O–H groups in total. The summed E-state index contributed by atoms with van der Waals surface area (Å²) in [5, 5.41) is 12.2. The molecule has 116 valence electrons. The number of carbonyl (C=O) groups is 1. The van der Waals surface area contributed by atoms with E-state index in [1.54, 1.807) is 0 Å². The number of oxime groups is 1. The fourth-order valence-electron chi connectivity index (χ4n) is 3.00. The van der Waals surface area contributed by atoms with E-state index < -0.39 is 5.41 Å². The van der Waals surface area contributed by atoms with Crippen LogP contribution in [0, 0.1) is 5.41 Å². The number of nitrogens with two attached hydrogens (primary N) is 1. The van der Waals surface area contributed by atoms with E-state index in [-0.39, 0.29) is 17.8 Å². The van der Waals surface area contributed by atoms with Crippen molar-refractivity contribution in [3.8, 4) is 0 Å². The van der Waals surface area contributed by atoms with Gasteiger partial charge in [-0.15, -0.1) is 0 Å². The van der Waals surface area contributed by atoms with Gasteiger partial charge in [0.05, 0.1) is 0 Å². The van der Waals surface area contributed by atoms with Crippen molar-refractivity contribution in [2.45, 2.75) is 71.8 Å². The minimum atomic E-state index is -0.772. The van der Waals surface area contributed by atoms with Gasteiger partial charge in [0.25, 0.3) is 0 Å². The van der Waals surface area contributed by atoms with Gasteiger partial charge in [-0.1, -0.05) is 38.3 Å². The summed E-state index contributed by atoms with van der Waals surface area (Å²) in [5.74, 6) is 0.137. The molecule has 0 spiro atoms. The molecule has 0 aromatic rings. The Bertz CT molecular complexity index is 349. The van der Waals surface area contributed by atoms with Crippen molar-refractivity contribution in [2.24, 2.45) is 16.3 Å². The SMILES string of the molecule is CCCCN(C(=O)C1(C(N)=NO)CCCC1)C(C)CC. The van der Waals surface area contributed by atoms with Gasteiger partial charge in [-0.2, -0.15) is 0 Å². The summed E-state index contributed by atoms with van der Waals surface area (Å²) in [5.41, 5.74) is 5.10. The molecule has 5 nitrogen and oxygen atoms in total. The van der Waals surface area contributed by atoms with E-state index in [2.05, 4.69) is 25.9 Å². The van der Waals surface area contributed by atoms with Crippen LogP contribution >= 0.6 is 0 Å². The predicted octanol–water partition coefficient (Wildman–Crippen LogP) is 2.72. The average molecular weight is 283 g/mol. The number of hydrogen-bond donors (Lipinski definition) is 2. The second-order valence-electron chi connectivity index (χ2n) is 5.88. The Kier molecular flexibility index (Phi) is 6.30. The fraction of sp³-hybridized carbons (Fsp3) is 0.867. The zero-order valence-corrected chi connectivity index (χ0v) is 13.1. The summed E-state index contributed by atoms with van der Waals surface area (Å²) in [6, 6.07) is 0.193. The van der Waals surface area contributed by atoms with E-state index in [9.17, 15) is 4.79 Å². The number of amides is 1. The molecule has 20 heavy (non-hydrogen) atoms. The number of unbranched alkanes of at least 4 members (excludes halogenated alkanes) is 1. The number of nitrogens with zero attached hydrogens (tertiary/aromatic N) is 2. The lowest BCUT2D eigenvalue weighted by Gasteiger charge is -2.37. The fourth-order valence-corrected chi connectivity index (χ4v) is 3.00. The second kappa shape index (κ2) is 7.50. The Labute approximate surface area is 122 Å². The van der Waals surface area contributed by atoms with Crippen molar-refractivity contribution in [2.75, 3.05) is 6.54 Å². The molecule has 1 aliphatic rings. The summed E-state index contributed by atoms with van der Waals surface area (Å²) in [6.45, 7) is 7.03. The third-order valence-electron chi connectivity index (χ3n) is 4.60. The van der Waals surface area contributed by atoms with Crippen LogP contribution in [0.3, 0.4) is 0 Å². The summed E-state index contributed by atoms with van der Waals surface area (Å²) in [4.78, 5) is 15.0. The van der Waals surface area contributed by atoms with Crippen molar-refractivity contribution < 1.29 is 10.0 Å². The molecule has 5 heteroatoms. The van der Waals surface area contributed by atoms with Gasteiger partial charge in [-0.05, 0) is 32.6 Å². The molecule has 1 saturated carbocycles. The van der Waals surface area contributed by atoms with Crippen molar-refractivity contribution >= 4 is 11.7 Å². The minimum Gasteiger partial charge on any atom is -0.409 e. The molecule has 0 aromatic heterocycles. The van der Waals surface area contributed by atoms with Crippen LogP contribution in [0.25, 0.3) is 0 Å². The summed E-state index contributed by atoms with van der Waals surface area (Å²) < 4.78 is 0. The summed E-state index contributed by atoms with van der Waals surface area (Å²) in [7, 11) is 0. The van der Waals surface area contributed by atoms with E-state index in [0.717, 1.165) is 38.6 Å². The lowest BCUT2D eigenvalue weighted by atomic mass is 9.82. The molecule has 0 radical (unpaired) electrons. The van der Waals surface area contributed by atoms with Crippen LogP contribution in [0.2, 0.25) is 0 Å². The predicted molar refractivity (Wildman–Crippen MR) is 80.7 cm³/mol. The van der Waals surface area contributed by atoms with Crippen LogP contribution < -0.4 is 5.73 Å². The number of rotatable bonds is 7. The van der Waals surface area contributed by atoms with Gasteiger partial charge < -0.3 is 15.8 Å². The maximum atomic E-state index is 13.0. The van der Waals surface area contributed by atoms with Gasteiger partial charge in [0.2, 0.25) is 5.91 Å². The van der Waals surface area contributed by atoms with E-state index in [4.69, 9.17) is 10.9 Å².